The van der Waals surface area contributed by atoms with Crippen molar-refractivity contribution in [2.24, 2.45) is 5.73 Å². The van der Waals surface area contributed by atoms with Gasteiger partial charge in [-0.05, 0) is 25.7 Å². The van der Waals surface area contributed by atoms with E-state index < -0.39 is 0 Å². The molecule has 1 aliphatic carbocycles. The van der Waals surface area contributed by atoms with E-state index in [1.807, 2.05) is 4.90 Å². The molecule has 1 amide bonds. The van der Waals surface area contributed by atoms with Crippen molar-refractivity contribution < 1.29 is 4.79 Å². The van der Waals surface area contributed by atoms with E-state index in [4.69, 9.17) is 5.73 Å². The first-order valence-corrected chi connectivity index (χ1v) is 5.84. The number of nitrogens with zero attached hydrogens (tertiary/aromatic N) is 1. The number of hydrogen-bond acceptors (Lipinski definition) is 2. The summed E-state index contributed by atoms with van der Waals surface area (Å²) >= 11 is 0. The summed E-state index contributed by atoms with van der Waals surface area (Å²) in [5.41, 5.74) is 6.08. The highest BCUT2D eigenvalue weighted by Crippen LogP contribution is 2.25. The average molecular weight is 196 g/mol. The number of carbonyl (C=O) groups is 1. The molecule has 1 heterocycles. The molecule has 2 rings (SSSR count). The molecule has 3 nitrogen and oxygen atoms in total. The second kappa shape index (κ2) is 4.30. The summed E-state index contributed by atoms with van der Waals surface area (Å²) in [5, 5.41) is 0. The van der Waals surface area contributed by atoms with Gasteiger partial charge in [0, 0.05) is 25.0 Å². The Hall–Kier alpha value is -0.570. The third-order valence-electron chi connectivity index (χ3n) is 3.54. The molecule has 0 spiro atoms. The highest BCUT2D eigenvalue weighted by atomic mass is 16.2. The Balaban J connectivity index is 2.00. The predicted octanol–water partition coefficient (Wildman–Crippen LogP) is 1.27. The summed E-state index contributed by atoms with van der Waals surface area (Å²) in [4.78, 5) is 13.8. The topological polar surface area (TPSA) is 46.3 Å². The Morgan fingerprint density at radius 2 is 1.93 bits per heavy atom. The highest BCUT2D eigenvalue weighted by molar-refractivity contribution is 5.77. The van der Waals surface area contributed by atoms with Crippen LogP contribution in [-0.4, -0.2) is 29.4 Å². The summed E-state index contributed by atoms with van der Waals surface area (Å²) in [6, 6.07) is 0.572. The SMILES string of the molecule is N[C@@H]1CCCC[C@H]1N1CCCCC1=O. The van der Waals surface area contributed by atoms with Crippen molar-refractivity contribution in [1.29, 1.82) is 0 Å². The first-order chi connectivity index (χ1) is 6.79. The van der Waals surface area contributed by atoms with Crippen LogP contribution < -0.4 is 5.73 Å². The van der Waals surface area contributed by atoms with Gasteiger partial charge in [0.15, 0.2) is 0 Å². The van der Waals surface area contributed by atoms with Gasteiger partial charge in [-0.2, -0.15) is 0 Å². The van der Waals surface area contributed by atoms with E-state index in [2.05, 4.69) is 0 Å². The number of piperidine rings is 1. The van der Waals surface area contributed by atoms with E-state index >= 15 is 0 Å². The quantitative estimate of drug-likeness (QED) is 0.686. The van der Waals surface area contributed by atoms with Gasteiger partial charge in [0.2, 0.25) is 5.91 Å². The van der Waals surface area contributed by atoms with Crippen LogP contribution in [-0.2, 0) is 4.79 Å². The Morgan fingerprint density at radius 1 is 1.14 bits per heavy atom. The molecular formula is C11H20N2O. The number of rotatable bonds is 1. The zero-order valence-corrected chi connectivity index (χ0v) is 8.74. The Bertz CT molecular complexity index is 217. The second-order valence-electron chi connectivity index (χ2n) is 4.56. The molecule has 1 saturated carbocycles. The first kappa shape index (κ1) is 9.97. The zero-order valence-electron chi connectivity index (χ0n) is 8.74. The van der Waals surface area contributed by atoms with Crippen molar-refractivity contribution in [2.75, 3.05) is 6.54 Å². The average Bonchev–Trinajstić information content (AvgIpc) is 2.20. The third-order valence-corrected chi connectivity index (χ3v) is 3.54. The Labute approximate surface area is 85.6 Å². The van der Waals surface area contributed by atoms with E-state index in [-0.39, 0.29) is 6.04 Å². The monoisotopic (exact) mass is 196 g/mol. The number of likely N-dealkylation sites (tertiary alicyclic amines) is 1. The van der Waals surface area contributed by atoms with Crippen LogP contribution in [0.5, 0.6) is 0 Å². The molecule has 80 valence electrons. The summed E-state index contributed by atoms with van der Waals surface area (Å²) in [6.45, 7) is 0.942. The molecule has 0 aromatic rings. The normalized spacial score (nSPS) is 34.6. The van der Waals surface area contributed by atoms with Crippen LogP contribution in [0.3, 0.4) is 0 Å². The molecule has 0 unspecified atom stereocenters. The van der Waals surface area contributed by atoms with Gasteiger partial charge in [0.05, 0.1) is 0 Å². The zero-order chi connectivity index (χ0) is 9.97. The fourth-order valence-electron chi connectivity index (χ4n) is 2.70. The van der Waals surface area contributed by atoms with Crippen molar-refractivity contribution in [3.63, 3.8) is 0 Å². The lowest BCUT2D eigenvalue weighted by atomic mass is 9.88. The van der Waals surface area contributed by atoms with Gasteiger partial charge in [0.1, 0.15) is 0 Å². The molecule has 0 bridgehead atoms. The fourth-order valence-corrected chi connectivity index (χ4v) is 2.70. The van der Waals surface area contributed by atoms with Crippen LogP contribution in [0, 0.1) is 0 Å². The van der Waals surface area contributed by atoms with Crippen LogP contribution in [0.25, 0.3) is 0 Å². The van der Waals surface area contributed by atoms with Crippen molar-refractivity contribution >= 4 is 5.91 Å². The largest absolute Gasteiger partial charge is 0.338 e. The van der Waals surface area contributed by atoms with Crippen LogP contribution in [0.1, 0.15) is 44.9 Å². The molecule has 0 aromatic carbocycles. The van der Waals surface area contributed by atoms with Gasteiger partial charge in [-0.25, -0.2) is 0 Å². The fraction of sp³-hybridized carbons (Fsp3) is 0.909. The summed E-state index contributed by atoms with van der Waals surface area (Å²) in [5.74, 6) is 0.332. The minimum atomic E-state index is 0.228. The van der Waals surface area contributed by atoms with Gasteiger partial charge >= 0.3 is 0 Å². The molecule has 1 aliphatic heterocycles. The molecular weight excluding hydrogens is 176 g/mol. The molecule has 2 N–H and O–H groups in total. The predicted molar refractivity (Wildman–Crippen MR) is 55.8 cm³/mol. The first-order valence-electron chi connectivity index (χ1n) is 5.84. The van der Waals surface area contributed by atoms with Gasteiger partial charge in [-0.15, -0.1) is 0 Å². The molecule has 2 aliphatic rings. The van der Waals surface area contributed by atoms with Gasteiger partial charge in [-0.1, -0.05) is 12.8 Å². The minimum absolute atomic E-state index is 0.228. The minimum Gasteiger partial charge on any atom is -0.338 e. The molecule has 1 saturated heterocycles. The maximum atomic E-state index is 11.7. The number of amides is 1. The maximum absolute atomic E-state index is 11.7. The van der Waals surface area contributed by atoms with Crippen molar-refractivity contribution in [2.45, 2.75) is 57.0 Å². The highest BCUT2D eigenvalue weighted by Gasteiger charge is 2.31. The van der Waals surface area contributed by atoms with Gasteiger partial charge in [0.25, 0.3) is 0 Å². The van der Waals surface area contributed by atoms with E-state index in [9.17, 15) is 4.79 Å². The van der Waals surface area contributed by atoms with Crippen LogP contribution >= 0.6 is 0 Å². The van der Waals surface area contributed by atoms with Crippen LogP contribution in [0.15, 0.2) is 0 Å². The van der Waals surface area contributed by atoms with Crippen molar-refractivity contribution in [1.82, 2.24) is 4.90 Å². The van der Waals surface area contributed by atoms with E-state index in [0.717, 1.165) is 38.6 Å². The second-order valence-corrected chi connectivity index (χ2v) is 4.56. The standard InChI is InChI=1S/C11H20N2O/c12-9-5-1-2-6-10(9)13-8-4-3-7-11(13)14/h9-10H,1-8,12H2/t9-,10-/m1/s1. The lowest BCUT2D eigenvalue weighted by Gasteiger charge is -2.40. The van der Waals surface area contributed by atoms with Gasteiger partial charge in [-0.3, -0.25) is 4.79 Å². The number of hydrogen-bond donors (Lipinski definition) is 1. The smallest absolute Gasteiger partial charge is 0.222 e. The summed E-state index contributed by atoms with van der Waals surface area (Å²) < 4.78 is 0. The molecule has 2 fully saturated rings. The molecule has 0 radical (unpaired) electrons. The Morgan fingerprint density at radius 3 is 2.64 bits per heavy atom. The summed E-state index contributed by atoms with van der Waals surface area (Å²) in [7, 11) is 0. The molecule has 3 heteroatoms. The van der Waals surface area contributed by atoms with Crippen LogP contribution in [0.2, 0.25) is 0 Å². The third kappa shape index (κ3) is 1.92. The van der Waals surface area contributed by atoms with E-state index in [0.29, 0.717) is 11.9 Å². The maximum Gasteiger partial charge on any atom is 0.222 e. The van der Waals surface area contributed by atoms with Crippen LogP contribution in [0.4, 0.5) is 0 Å². The number of nitrogens with two attached hydrogens (primary N) is 1. The van der Waals surface area contributed by atoms with Crippen molar-refractivity contribution in [3.05, 3.63) is 0 Å². The summed E-state index contributed by atoms with van der Waals surface area (Å²) in [6.07, 6.45) is 7.65. The van der Waals surface area contributed by atoms with Gasteiger partial charge < -0.3 is 10.6 Å². The van der Waals surface area contributed by atoms with Crippen molar-refractivity contribution in [3.8, 4) is 0 Å². The lowest BCUT2D eigenvalue weighted by molar-refractivity contribution is -0.136. The van der Waals surface area contributed by atoms with E-state index in [1.54, 1.807) is 0 Å². The molecule has 2 atom stereocenters. The lowest BCUT2D eigenvalue weighted by Crippen LogP contribution is -2.53. The molecule has 0 aromatic heterocycles. The Kier molecular flexibility index (Phi) is 3.06. The molecule has 14 heavy (non-hydrogen) atoms. The number of carbonyl (C=O) groups excluding carboxylic acids is 1. The van der Waals surface area contributed by atoms with E-state index in [1.165, 1.54) is 12.8 Å².